The van der Waals surface area contributed by atoms with Crippen LogP contribution in [0.1, 0.15) is 34.4 Å². The Bertz CT molecular complexity index is 731. The average molecular weight is 444 g/mol. The van der Waals surface area contributed by atoms with Crippen LogP contribution < -0.4 is 5.73 Å². The molecule has 0 bridgehead atoms. The van der Waals surface area contributed by atoms with Crippen molar-refractivity contribution in [1.29, 1.82) is 5.41 Å². The summed E-state index contributed by atoms with van der Waals surface area (Å²) in [5, 5.41) is 7.69. The van der Waals surface area contributed by atoms with Gasteiger partial charge in [0.2, 0.25) is 0 Å². The van der Waals surface area contributed by atoms with E-state index in [9.17, 15) is 4.39 Å². The molecule has 2 aromatic rings. The SMILES string of the molecule is Cc1cc(C)c([C@H](C)SC(=N)N)c(-c2ccc(F)c(C)c2)c1.I. The maximum absolute atomic E-state index is 13.6. The summed E-state index contributed by atoms with van der Waals surface area (Å²) in [5.74, 6) is -0.194. The first-order valence-electron chi connectivity index (χ1n) is 7.18. The van der Waals surface area contributed by atoms with E-state index in [2.05, 4.69) is 26.0 Å². The largest absolute Gasteiger partial charge is 0.379 e. The summed E-state index contributed by atoms with van der Waals surface area (Å²) in [6.45, 7) is 7.94. The van der Waals surface area contributed by atoms with Crippen molar-refractivity contribution in [2.24, 2.45) is 5.73 Å². The Morgan fingerprint density at radius 3 is 2.35 bits per heavy atom. The fourth-order valence-corrected chi connectivity index (χ4v) is 3.63. The van der Waals surface area contributed by atoms with E-state index in [-0.39, 0.29) is 40.2 Å². The number of rotatable bonds is 3. The minimum absolute atomic E-state index is 0. The maximum atomic E-state index is 13.6. The molecule has 0 aromatic heterocycles. The fraction of sp³-hybridized carbons (Fsp3) is 0.278. The Hall–Kier alpha value is -1.08. The summed E-state index contributed by atoms with van der Waals surface area (Å²) in [5.41, 5.74) is 11.7. The van der Waals surface area contributed by atoms with Crippen LogP contribution in [0, 0.1) is 32.0 Å². The van der Waals surface area contributed by atoms with Gasteiger partial charge < -0.3 is 5.73 Å². The first kappa shape index (κ1) is 20.0. The summed E-state index contributed by atoms with van der Waals surface area (Å²) in [6, 6.07) is 9.44. The molecule has 0 radical (unpaired) electrons. The Labute approximate surface area is 158 Å². The van der Waals surface area contributed by atoms with Crippen LogP contribution in [0.3, 0.4) is 0 Å². The first-order chi connectivity index (χ1) is 10.3. The second-order valence-corrected chi connectivity index (χ2v) is 7.01. The van der Waals surface area contributed by atoms with Gasteiger partial charge in [-0.05, 0) is 67.6 Å². The number of nitrogens with two attached hydrogens (primary N) is 1. The molecule has 5 heteroatoms. The number of aryl methyl sites for hydroxylation is 3. The van der Waals surface area contributed by atoms with Crippen molar-refractivity contribution < 1.29 is 4.39 Å². The summed E-state index contributed by atoms with van der Waals surface area (Å²) < 4.78 is 13.6. The third-order valence-electron chi connectivity index (χ3n) is 3.71. The molecule has 0 heterocycles. The summed E-state index contributed by atoms with van der Waals surface area (Å²) in [7, 11) is 0. The molecule has 23 heavy (non-hydrogen) atoms. The molecule has 0 spiro atoms. The Morgan fingerprint density at radius 1 is 1.13 bits per heavy atom. The van der Waals surface area contributed by atoms with Gasteiger partial charge in [-0.15, -0.1) is 24.0 Å². The molecule has 0 amide bonds. The molecular formula is C18H22FIN2S. The summed E-state index contributed by atoms with van der Waals surface area (Å²) in [6.07, 6.45) is 0. The topological polar surface area (TPSA) is 49.9 Å². The van der Waals surface area contributed by atoms with Crippen molar-refractivity contribution in [3.05, 3.63) is 58.4 Å². The van der Waals surface area contributed by atoms with E-state index in [0.29, 0.717) is 5.56 Å². The van der Waals surface area contributed by atoms with E-state index < -0.39 is 0 Å². The van der Waals surface area contributed by atoms with Crippen LogP contribution in [-0.2, 0) is 0 Å². The zero-order chi connectivity index (χ0) is 16.4. The number of halogens is 2. The molecule has 0 aliphatic carbocycles. The van der Waals surface area contributed by atoms with Crippen molar-refractivity contribution in [1.82, 2.24) is 0 Å². The van der Waals surface area contributed by atoms with E-state index in [1.807, 2.05) is 19.1 Å². The Morgan fingerprint density at radius 2 is 1.78 bits per heavy atom. The zero-order valence-corrected chi connectivity index (χ0v) is 16.9. The highest BCUT2D eigenvalue weighted by Gasteiger charge is 2.17. The van der Waals surface area contributed by atoms with Gasteiger partial charge in [0.05, 0.1) is 0 Å². The van der Waals surface area contributed by atoms with Crippen LogP contribution >= 0.6 is 35.7 Å². The van der Waals surface area contributed by atoms with E-state index in [0.717, 1.165) is 16.7 Å². The lowest BCUT2D eigenvalue weighted by molar-refractivity contribution is 0.619. The highest BCUT2D eigenvalue weighted by atomic mass is 127. The second kappa shape index (κ2) is 8.15. The lowest BCUT2D eigenvalue weighted by Crippen LogP contribution is -2.08. The molecule has 124 valence electrons. The number of thioether (sulfide) groups is 1. The van der Waals surface area contributed by atoms with Gasteiger partial charge in [-0.2, -0.15) is 0 Å². The van der Waals surface area contributed by atoms with Gasteiger partial charge in [-0.25, -0.2) is 4.39 Å². The Kier molecular flexibility index (Phi) is 7.07. The minimum Gasteiger partial charge on any atom is -0.379 e. The van der Waals surface area contributed by atoms with Crippen LogP contribution in [0.4, 0.5) is 4.39 Å². The zero-order valence-electron chi connectivity index (χ0n) is 13.7. The average Bonchev–Trinajstić information content (AvgIpc) is 2.39. The monoisotopic (exact) mass is 444 g/mol. The quantitative estimate of drug-likeness (QED) is 0.361. The van der Waals surface area contributed by atoms with E-state index in [1.165, 1.54) is 29.0 Å². The molecule has 2 rings (SSSR count). The van der Waals surface area contributed by atoms with E-state index in [1.54, 1.807) is 6.92 Å². The molecule has 0 aliphatic heterocycles. The van der Waals surface area contributed by atoms with Gasteiger partial charge in [0, 0.05) is 5.25 Å². The highest BCUT2D eigenvalue weighted by molar-refractivity contribution is 14.0. The normalized spacial score (nSPS) is 11.7. The number of amidine groups is 1. The highest BCUT2D eigenvalue weighted by Crippen LogP contribution is 2.38. The summed E-state index contributed by atoms with van der Waals surface area (Å²) >= 11 is 1.33. The van der Waals surface area contributed by atoms with Crippen LogP contribution in [0.5, 0.6) is 0 Å². The molecule has 0 saturated heterocycles. The van der Waals surface area contributed by atoms with Gasteiger partial charge in [0.1, 0.15) is 5.82 Å². The predicted octanol–water partition coefficient (Wildman–Crippen LogP) is 5.72. The molecule has 3 N–H and O–H groups in total. The van der Waals surface area contributed by atoms with Gasteiger partial charge in [-0.1, -0.05) is 35.5 Å². The smallest absolute Gasteiger partial charge is 0.151 e. The number of nitrogens with one attached hydrogen (secondary N) is 1. The Balaban J connectivity index is 0.00000264. The minimum atomic E-state index is -0.194. The van der Waals surface area contributed by atoms with Crippen molar-refractivity contribution in [3.63, 3.8) is 0 Å². The summed E-state index contributed by atoms with van der Waals surface area (Å²) in [4.78, 5) is 0. The predicted molar refractivity (Wildman–Crippen MR) is 109 cm³/mol. The molecule has 0 unspecified atom stereocenters. The third-order valence-corrected chi connectivity index (χ3v) is 4.55. The number of benzene rings is 2. The number of hydrogen-bond acceptors (Lipinski definition) is 2. The van der Waals surface area contributed by atoms with Gasteiger partial charge in [0.15, 0.2) is 5.17 Å². The van der Waals surface area contributed by atoms with Gasteiger partial charge in [-0.3, -0.25) is 5.41 Å². The lowest BCUT2D eigenvalue weighted by atomic mass is 9.91. The van der Waals surface area contributed by atoms with Crippen molar-refractivity contribution >= 4 is 40.9 Å². The van der Waals surface area contributed by atoms with Gasteiger partial charge >= 0.3 is 0 Å². The second-order valence-electron chi connectivity index (χ2n) is 5.63. The molecule has 2 aromatic carbocycles. The van der Waals surface area contributed by atoms with Crippen LogP contribution in [-0.4, -0.2) is 5.17 Å². The third kappa shape index (κ3) is 4.70. The molecule has 1 atom stereocenters. The van der Waals surface area contributed by atoms with Gasteiger partial charge in [0.25, 0.3) is 0 Å². The van der Waals surface area contributed by atoms with Crippen LogP contribution in [0.15, 0.2) is 30.3 Å². The fourth-order valence-electron chi connectivity index (χ4n) is 2.82. The molecule has 0 aliphatic rings. The molecule has 0 fully saturated rings. The van der Waals surface area contributed by atoms with Crippen LogP contribution in [0.2, 0.25) is 0 Å². The van der Waals surface area contributed by atoms with Crippen molar-refractivity contribution in [2.75, 3.05) is 0 Å². The number of hydrogen-bond donors (Lipinski definition) is 2. The van der Waals surface area contributed by atoms with E-state index >= 15 is 0 Å². The van der Waals surface area contributed by atoms with Crippen molar-refractivity contribution in [3.8, 4) is 11.1 Å². The molecule has 0 saturated carbocycles. The van der Waals surface area contributed by atoms with E-state index in [4.69, 9.17) is 11.1 Å². The molecule has 2 nitrogen and oxygen atoms in total. The maximum Gasteiger partial charge on any atom is 0.151 e. The first-order valence-corrected chi connectivity index (χ1v) is 8.06. The lowest BCUT2D eigenvalue weighted by Gasteiger charge is -2.20. The molecular weight excluding hydrogens is 422 g/mol. The van der Waals surface area contributed by atoms with Crippen molar-refractivity contribution in [2.45, 2.75) is 32.9 Å². The standard InChI is InChI=1S/C18H21FN2S.HI/c1-10-7-12(3)17(13(4)22-18(20)21)15(8-10)14-5-6-16(19)11(2)9-14;/h5-9,13H,1-4H3,(H3,20,21);1H/t13-;/m0./s1. The van der Waals surface area contributed by atoms with Crippen LogP contribution in [0.25, 0.3) is 11.1 Å².